The summed E-state index contributed by atoms with van der Waals surface area (Å²) in [5.74, 6) is -2.02. The fourth-order valence-electron chi connectivity index (χ4n) is 3.79. The molecule has 2 amide bonds. The van der Waals surface area contributed by atoms with Crippen molar-refractivity contribution < 1.29 is 29.3 Å². The lowest BCUT2D eigenvalue weighted by atomic mass is 9.98. The van der Waals surface area contributed by atoms with E-state index >= 15 is 0 Å². The number of fused-ring (bicyclic) bond motifs is 3. The summed E-state index contributed by atoms with van der Waals surface area (Å²) in [6.45, 7) is 2.68. The van der Waals surface area contributed by atoms with Crippen LogP contribution in [0, 0.1) is 0 Å². The molecule has 1 unspecified atom stereocenters. The molecule has 164 valence electrons. The van der Waals surface area contributed by atoms with Crippen LogP contribution >= 0.6 is 0 Å². The van der Waals surface area contributed by atoms with Gasteiger partial charge in [0.25, 0.3) is 0 Å². The quantitative estimate of drug-likeness (QED) is 0.513. The van der Waals surface area contributed by atoms with Gasteiger partial charge in [0, 0.05) is 17.9 Å². The van der Waals surface area contributed by atoms with Gasteiger partial charge in [-0.05, 0) is 36.1 Å². The predicted octanol–water partition coefficient (Wildman–Crippen LogP) is 2.26. The van der Waals surface area contributed by atoms with Crippen molar-refractivity contribution in [3.8, 4) is 11.1 Å². The Morgan fingerprint density at radius 2 is 1.58 bits per heavy atom. The number of ether oxygens (including phenoxy) is 1. The van der Waals surface area contributed by atoms with Crippen LogP contribution in [-0.4, -0.2) is 53.0 Å². The van der Waals surface area contributed by atoms with Crippen LogP contribution in [-0.2, 0) is 14.3 Å². The monoisotopic (exact) mass is 426 g/mol. The molecule has 1 aliphatic carbocycles. The maximum Gasteiger partial charge on any atom is 0.407 e. The van der Waals surface area contributed by atoms with Gasteiger partial charge in [-0.15, -0.1) is 0 Å². The van der Waals surface area contributed by atoms with E-state index in [0.29, 0.717) is 0 Å². The van der Waals surface area contributed by atoms with Crippen LogP contribution in [0.25, 0.3) is 11.1 Å². The standard InChI is InChI=1S/C23H26N2O6/c1-23(2,11-20(27)24-19(12-26)21(28)29)25-22(30)31-13-18-16-9-5-3-7-14(16)15-8-4-6-10-17(15)18/h3-10,18-19,26H,11-13H2,1-2H3,(H,24,27)(H,25,30)(H,28,29). The molecule has 0 spiro atoms. The molecule has 1 aliphatic rings. The molecule has 0 saturated heterocycles. The number of aliphatic carboxylic acids is 1. The lowest BCUT2D eigenvalue weighted by Gasteiger charge is -2.26. The van der Waals surface area contributed by atoms with Gasteiger partial charge in [0.15, 0.2) is 0 Å². The van der Waals surface area contributed by atoms with Gasteiger partial charge >= 0.3 is 12.1 Å². The highest BCUT2D eigenvalue weighted by Gasteiger charge is 2.31. The first-order valence-corrected chi connectivity index (χ1v) is 9.98. The van der Waals surface area contributed by atoms with Gasteiger partial charge < -0.3 is 25.6 Å². The van der Waals surface area contributed by atoms with Crippen molar-refractivity contribution in [1.82, 2.24) is 10.6 Å². The summed E-state index contributed by atoms with van der Waals surface area (Å²) in [5.41, 5.74) is 3.46. The first kappa shape index (κ1) is 22.3. The van der Waals surface area contributed by atoms with Gasteiger partial charge in [0.1, 0.15) is 12.6 Å². The number of carboxylic acids is 1. The minimum Gasteiger partial charge on any atom is -0.480 e. The SMILES string of the molecule is CC(C)(CC(=O)NC(CO)C(=O)O)NC(=O)OCC1c2ccccc2-c2ccccc21. The zero-order valence-electron chi connectivity index (χ0n) is 17.4. The summed E-state index contributed by atoms with van der Waals surface area (Å²) in [7, 11) is 0. The molecular formula is C23H26N2O6. The van der Waals surface area contributed by atoms with Crippen LogP contribution in [0.1, 0.15) is 37.3 Å². The van der Waals surface area contributed by atoms with E-state index < -0.39 is 36.2 Å². The van der Waals surface area contributed by atoms with Crippen molar-refractivity contribution in [1.29, 1.82) is 0 Å². The first-order chi connectivity index (χ1) is 14.7. The molecule has 0 bridgehead atoms. The molecule has 2 aromatic rings. The van der Waals surface area contributed by atoms with Gasteiger partial charge in [-0.1, -0.05) is 48.5 Å². The Hall–Kier alpha value is -3.39. The zero-order chi connectivity index (χ0) is 22.6. The van der Waals surface area contributed by atoms with E-state index in [1.54, 1.807) is 13.8 Å². The van der Waals surface area contributed by atoms with E-state index in [9.17, 15) is 14.4 Å². The maximum atomic E-state index is 12.4. The molecule has 2 aromatic carbocycles. The fourth-order valence-corrected chi connectivity index (χ4v) is 3.79. The van der Waals surface area contributed by atoms with Crippen molar-refractivity contribution in [2.75, 3.05) is 13.2 Å². The van der Waals surface area contributed by atoms with Gasteiger partial charge in [0.05, 0.1) is 6.61 Å². The molecule has 0 aliphatic heterocycles. The number of carbonyl (C=O) groups is 3. The molecule has 0 saturated carbocycles. The molecule has 8 heteroatoms. The van der Waals surface area contributed by atoms with E-state index in [4.69, 9.17) is 14.9 Å². The first-order valence-electron chi connectivity index (χ1n) is 9.98. The maximum absolute atomic E-state index is 12.4. The number of nitrogens with one attached hydrogen (secondary N) is 2. The highest BCUT2D eigenvalue weighted by Crippen LogP contribution is 2.44. The van der Waals surface area contributed by atoms with Crippen LogP contribution in [0.5, 0.6) is 0 Å². The highest BCUT2D eigenvalue weighted by molar-refractivity contribution is 5.84. The van der Waals surface area contributed by atoms with Crippen molar-refractivity contribution in [2.45, 2.75) is 37.8 Å². The van der Waals surface area contributed by atoms with Crippen molar-refractivity contribution >= 4 is 18.0 Å². The van der Waals surface area contributed by atoms with Gasteiger partial charge in [-0.2, -0.15) is 0 Å². The fraction of sp³-hybridized carbons (Fsp3) is 0.348. The second-order valence-corrected chi connectivity index (χ2v) is 8.15. The highest BCUT2D eigenvalue weighted by atomic mass is 16.5. The number of carboxylic acid groups (broad SMARTS) is 1. The smallest absolute Gasteiger partial charge is 0.407 e. The van der Waals surface area contributed by atoms with Crippen molar-refractivity contribution in [2.24, 2.45) is 0 Å². The Labute approximate surface area is 180 Å². The predicted molar refractivity (Wildman–Crippen MR) is 114 cm³/mol. The number of hydrogen-bond donors (Lipinski definition) is 4. The van der Waals surface area contributed by atoms with Gasteiger partial charge in [-0.3, -0.25) is 4.79 Å². The van der Waals surface area contributed by atoms with Crippen LogP contribution in [0.3, 0.4) is 0 Å². The Morgan fingerprint density at radius 1 is 1.03 bits per heavy atom. The lowest BCUT2D eigenvalue weighted by molar-refractivity contribution is -0.143. The molecule has 1 atom stereocenters. The second kappa shape index (κ2) is 9.18. The number of amides is 2. The number of rotatable bonds is 8. The van der Waals surface area contributed by atoms with Gasteiger partial charge in [-0.25, -0.2) is 9.59 Å². The summed E-state index contributed by atoms with van der Waals surface area (Å²) in [6, 6.07) is 14.6. The largest absolute Gasteiger partial charge is 0.480 e. The zero-order valence-corrected chi connectivity index (χ0v) is 17.4. The third-order valence-electron chi connectivity index (χ3n) is 5.20. The number of carbonyl (C=O) groups excluding carboxylic acids is 2. The second-order valence-electron chi connectivity index (χ2n) is 8.15. The molecule has 0 radical (unpaired) electrons. The summed E-state index contributed by atoms with van der Waals surface area (Å²) in [6.07, 6.45) is -0.849. The normalized spacial score (nSPS) is 13.6. The van der Waals surface area contributed by atoms with Gasteiger partial charge in [0.2, 0.25) is 5.91 Å². The Kier molecular flexibility index (Phi) is 6.60. The topological polar surface area (TPSA) is 125 Å². The number of benzene rings is 2. The minimum absolute atomic E-state index is 0.0783. The van der Waals surface area contributed by atoms with Crippen LogP contribution in [0.2, 0.25) is 0 Å². The third kappa shape index (κ3) is 5.21. The lowest BCUT2D eigenvalue weighted by Crippen LogP contribution is -2.50. The Morgan fingerprint density at radius 3 is 2.10 bits per heavy atom. The average molecular weight is 426 g/mol. The molecule has 8 nitrogen and oxygen atoms in total. The molecular weight excluding hydrogens is 400 g/mol. The third-order valence-corrected chi connectivity index (χ3v) is 5.20. The molecule has 31 heavy (non-hydrogen) atoms. The molecule has 3 rings (SSSR count). The average Bonchev–Trinajstić information content (AvgIpc) is 3.03. The Balaban J connectivity index is 1.59. The van der Waals surface area contributed by atoms with E-state index in [0.717, 1.165) is 22.3 Å². The molecule has 4 N–H and O–H groups in total. The molecule has 0 fully saturated rings. The van der Waals surface area contributed by atoms with E-state index in [2.05, 4.69) is 10.6 Å². The molecule has 0 aromatic heterocycles. The van der Waals surface area contributed by atoms with Crippen molar-refractivity contribution in [3.63, 3.8) is 0 Å². The number of alkyl carbamates (subject to hydrolysis) is 1. The molecule has 0 heterocycles. The van der Waals surface area contributed by atoms with E-state index in [1.165, 1.54) is 0 Å². The number of hydrogen-bond acceptors (Lipinski definition) is 5. The summed E-state index contributed by atoms with van der Waals surface area (Å²) in [4.78, 5) is 35.4. The number of aliphatic hydroxyl groups excluding tert-OH is 1. The van der Waals surface area contributed by atoms with Crippen LogP contribution in [0.4, 0.5) is 4.79 Å². The van der Waals surface area contributed by atoms with Crippen LogP contribution in [0.15, 0.2) is 48.5 Å². The van der Waals surface area contributed by atoms with Crippen LogP contribution < -0.4 is 10.6 Å². The van der Waals surface area contributed by atoms with E-state index in [-0.39, 0.29) is 18.9 Å². The summed E-state index contributed by atoms with van der Waals surface area (Å²) < 4.78 is 5.48. The van der Waals surface area contributed by atoms with Crippen molar-refractivity contribution in [3.05, 3.63) is 59.7 Å². The summed E-state index contributed by atoms with van der Waals surface area (Å²) >= 11 is 0. The Bertz CT molecular complexity index is 942. The summed E-state index contributed by atoms with van der Waals surface area (Å²) in [5, 5.41) is 22.8. The minimum atomic E-state index is -1.39. The van der Waals surface area contributed by atoms with E-state index in [1.807, 2.05) is 48.5 Å². The number of aliphatic hydroxyl groups is 1.